The van der Waals surface area contributed by atoms with Crippen molar-refractivity contribution in [1.29, 1.82) is 0 Å². The van der Waals surface area contributed by atoms with Crippen LogP contribution in [0.5, 0.6) is 0 Å². The first-order valence-electron chi connectivity index (χ1n) is 13.9. The van der Waals surface area contributed by atoms with Crippen molar-refractivity contribution in [2.75, 3.05) is 7.11 Å². The zero-order valence-electron chi connectivity index (χ0n) is 21.6. The molecule has 0 saturated heterocycles. The summed E-state index contributed by atoms with van der Waals surface area (Å²) in [6.45, 7) is 15.1. The minimum Gasteiger partial charge on any atom is -0.381 e. The normalized spacial score (nSPS) is 52.5. The van der Waals surface area contributed by atoms with Gasteiger partial charge in [-0.1, -0.05) is 53.7 Å². The lowest BCUT2D eigenvalue weighted by Crippen LogP contribution is -2.57. The third-order valence-electron chi connectivity index (χ3n) is 12.5. The van der Waals surface area contributed by atoms with Crippen LogP contribution >= 0.6 is 0 Å². The molecule has 31 heavy (non-hydrogen) atoms. The zero-order chi connectivity index (χ0) is 22.2. The summed E-state index contributed by atoms with van der Waals surface area (Å²) in [6, 6.07) is 0. The Morgan fingerprint density at radius 2 is 1.74 bits per heavy atom. The lowest BCUT2D eigenvalue weighted by atomic mass is 9.45. The second-order valence-corrected chi connectivity index (χ2v) is 13.5. The van der Waals surface area contributed by atoms with E-state index in [2.05, 4.69) is 53.7 Å². The Morgan fingerprint density at radius 3 is 2.39 bits per heavy atom. The highest BCUT2D eigenvalue weighted by Gasteiger charge is 2.77. The van der Waals surface area contributed by atoms with E-state index in [1.165, 1.54) is 57.8 Å². The molecule has 0 radical (unpaired) electrons. The minimum absolute atomic E-state index is 0.543. The van der Waals surface area contributed by atoms with Crippen LogP contribution in [0.4, 0.5) is 0 Å². The smallest absolute Gasteiger partial charge is 0.0638 e. The van der Waals surface area contributed by atoms with Gasteiger partial charge in [-0.05, 0) is 116 Å². The number of hydrogen-bond acceptors (Lipinski definition) is 1. The van der Waals surface area contributed by atoms with Crippen LogP contribution in [0.1, 0.15) is 99.3 Å². The van der Waals surface area contributed by atoms with Crippen LogP contribution in [-0.4, -0.2) is 13.2 Å². The lowest BCUT2D eigenvalue weighted by molar-refractivity contribution is -0.160. The Balaban J connectivity index is 1.37. The number of hydrogen-bond donors (Lipinski definition) is 0. The number of ether oxygens (including phenoxy) is 1. The molecule has 0 amide bonds. The van der Waals surface area contributed by atoms with E-state index in [0.717, 1.165) is 47.3 Å². The Kier molecular flexibility index (Phi) is 5.52. The zero-order valence-corrected chi connectivity index (χ0v) is 21.6. The third-order valence-corrected chi connectivity index (χ3v) is 12.5. The van der Waals surface area contributed by atoms with Crippen molar-refractivity contribution < 1.29 is 4.74 Å². The van der Waals surface area contributed by atoms with E-state index >= 15 is 0 Å². The third kappa shape index (κ3) is 2.96. The quantitative estimate of drug-likeness (QED) is 0.389. The fourth-order valence-electron chi connectivity index (χ4n) is 10.8. The average Bonchev–Trinajstić information content (AvgIpc) is 3.24. The summed E-state index contributed by atoms with van der Waals surface area (Å²) >= 11 is 0. The highest BCUT2D eigenvalue weighted by atomic mass is 16.5. The molecular formula is C30H50O. The Morgan fingerprint density at radius 1 is 0.968 bits per heavy atom. The molecule has 0 N–H and O–H groups in total. The number of methoxy groups -OCH3 is 1. The predicted octanol–water partition coefficient (Wildman–Crippen LogP) is 8.14. The summed E-state index contributed by atoms with van der Waals surface area (Å²) in [4.78, 5) is 0. The highest BCUT2D eigenvalue weighted by molar-refractivity contribution is 5.26. The van der Waals surface area contributed by atoms with Crippen molar-refractivity contribution >= 4 is 0 Å². The van der Waals surface area contributed by atoms with E-state index in [9.17, 15) is 0 Å². The van der Waals surface area contributed by atoms with Crippen LogP contribution in [0, 0.1) is 63.6 Å². The lowest BCUT2D eigenvalue weighted by Gasteiger charge is -2.61. The molecular weight excluding hydrogens is 376 g/mol. The van der Waals surface area contributed by atoms with Crippen LogP contribution in [0.25, 0.3) is 0 Å². The molecule has 5 saturated carbocycles. The minimum atomic E-state index is 0.543. The molecule has 1 unspecified atom stereocenters. The molecule has 5 rings (SSSR count). The van der Waals surface area contributed by atoms with Gasteiger partial charge in [-0.25, -0.2) is 0 Å². The van der Waals surface area contributed by atoms with E-state index in [-0.39, 0.29) is 0 Å². The fourth-order valence-corrected chi connectivity index (χ4v) is 10.8. The molecule has 11 atom stereocenters. The van der Waals surface area contributed by atoms with E-state index in [1.807, 2.05) is 7.11 Å². The maximum absolute atomic E-state index is 6.31. The molecule has 0 heterocycles. The van der Waals surface area contributed by atoms with E-state index in [4.69, 9.17) is 4.74 Å². The summed E-state index contributed by atoms with van der Waals surface area (Å²) in [6.07, 6.45) is 18.7. The summed E-state index contributed by atoms with van der Waals surface area (Å²) in [5.41, 5.74) is 1.68. The largest absolute Gasteiger partial charge is 0.381 e. The Bertz CT molecular complexity index is 709. The molecule has 1 heteroatoms. The van der Waals surface area contributed by atoms with Crippen LogP contribution in [0.15, 0.2) is 12.2 Å². The molecule has 0 aromatic carbocycles. The Labute approximate surface area is 193 Å². The highest BCUT2D eigenvalue weighted by Crippen LogP contribution is 2.82. The van der Waals surface area contributed by atoms with E-state index in [1.54, 1.807) is 0 Å². The van der Waals surface area contributed by atoms with Crippen molar-refractivity contribution in [3.05, 3.63) is 12.2 Å². The first-order chi connectivity index (χ1) is 14.7. The second kappa shape index (κ2) is 7.61. The number of allylic oxidation sites excluding steroid dienone is 2. The van der Waals surface area contributed by atoms with Gasteiger partial charge in [-0.3, -0.25) is 0 Å². The Hall–Kier alpha value is -0.300. The summed E-state index contributed by atoms with van der Waals surface area (Å²) in [7, 11) is 2.03. The van der Waals surface area contributed by atoms with Gasteiger partial charge >= 0.3 is 0 Å². The maximum atomic E-state index is 6.31. The van der Waals surface area contributed by atoms with Gasteiger partial charge in [0.1, 0.15) is 0 Å². The molecule has 1 nitrogen and oxygen atoms in total. The van der Waals surface area contributed by atoms with Crippen LogP contribution < -0.4 is 0 Å². The predicted molar refractivity (Wildman–Crippen MR) is 131 cm³/mol. The van der Waals surface area contributed by atoms with Gasteiger partial charge in [0.2, 0.25) is 0 Å². The van der Waals surface area contributed by atoms with Crippen LogP contribution in [-0.2, 0) is 4.74 Å². The van der Waals surface area contributed by atoms with Gasteiger partial charge in [-0.15, -0.1) is 0 Å². The van der Waals surface area contributed by atoms with Crippen molar-refractivity contribution in [3.8, 4) is 0 Å². The molecule has 176 valence electrons. The van der Waals surface area contributed by atoms with Crippen molar-refractivity contribution in [2.24, 2.45) is 63.6 Å². The number of fused-ring (bicyclic) bond motifs is 4. The fraction of sp³-hybridized carbons (Fsp3) is 0.933. The van der Waals surface area contributed by atoms with Gasteiger partial charge in [0.05, 0.1) is 6.10 Å². The van der Waals surface area contributed by atoms with E-state index in [0.29, 0.717) is 22.3 Å². The molecule has 5 aliphatic carbocycles. The molecule has 0 aromatic heterocycles. The second-order valence-electron chi connectivity index (χ2n) is 13.5. The van der Waals surface area contributed by atoms with Crippen LogP contribution in [0.3, 0.4) is 0 Å². The van der Waals surface area contributed by atoms with Gasteiger partial charge < -0.3 is 4.74 Å². The molecule has 5 aliphatic rings. The standard InChI is InChI=1S/C30H50O/c1-8-21(19(2)3)10-9-20(4)24-11-12-25-23-17-27(31-7)30-18-22(30)13-16-29(30,6)26(23)14-15-28(24,25)5/h9-10,19-27H,8,11-18H2,1-7H3/b10-9+/t20-,21-,22+,23+,24-,25+,26+,27-,28-,29-,30?/m1/s1. The monoisotopic (exact) mass is 426 g/mol. The maximum Gasteiger partial charge on any atom is 0.0638 e. The van der Waals surface area contributed by atoms with Crippen LogP contribution in [0.2, 0.25) is 0 Å². The summed E-state index contributed by atoms with van der Waals surface area (Å²) in [5, 5.41) is 0. The first-order valence-corrected chi connectivity index (χ1v) is 13.9. The molecule has 0 bridgehead atoms. The van der Waals surface area contributed by atoms with Gasteiger partial charge in [0.15, 0.2) is 0 Å². The van der Waals surface area contributed by atoms with Crippen molar-refractivity contribution in [3.63, 3.8) is 0 Å². The molecule has 5 fully saturated rings. The summed E-state index contributed by atoms with van der Waals surface area (Å²) in [5.74, 6) is 6.92. The van der Waals surface area contributed by atoms with Crippen molar-refractivity contribution in [2.45, 2.75) is 105 Å². The molecule has 0 aliphatic heterocycles. The first kappa shape index (κ1) is 22.5. The van der Waals surface area contributed by atoms with Gasteiger partial charge in [0.25, 0.3) is 0 Å². The van der Waals surface area contributed by atoms with E-state index < -0.39 is 0 Å². The number of rotatable bonds is 6. The average molecular weight is 427 g/mol. The van der Waals surface area contributed by atoms with Gasteiger partial charge in [0, 0.05) is 12.5 Å². The van der Waals surface area contributed by atoms with Gasteiger partial charge in [-0.2, -0.15) is 0 Å². The van der Waals surface area contributed by atoms with Crippen molar-refractivity contribution in [1.82, 2.24) is 0 Å². The SMILES string of the molecule is CC[C@H](/C=C/[C@@H](C)[C@H]1CC[C@H]2[C@@H]3C[C@@H](OC)C45C[C@@H]4CC[C@]5(C)[C@H]3CC[C@]12C)C(C)C. The topological polar surface area (TPSA) is 9.23 Å². The summed E-state index contributed by atoms with van der Waals surface area (Å²) < 4.78 is 6.31. The molecule has 0 aromatic rings. The molecule has 1 spiro atoms.